The molecule has 4 heteroatoms. The van der Waals surface area contributed by atoms with Crippen molar-refractivity contribution in [1.29, 1.82) is 0 Å². The van der Waals surface area contributed by atoms with Crippen molar-refractivity contribution in [3.63, 3.8) is 0 Å². The summed E-state index contributed by atoms with van der Waals surface area (Å²) in [5, 5.41) is 3.27. The van der Waals surface area contributed by atoms with Crippen molar-refractivity contribution in [3.05, 3.63) is 35.6 Å². The molecule has 0 unspecified atom stereocenters. The molecule has 1 aromatic rings. The van der Waals surface area contributed by atoms with Crippen molar-refractivity contribution in [2.45, 2.75) is 52.2 Å². The van der Waals surface area contributed by atoms with Crippen LogP contribution in [0, 0.1) is 28.5 Å². The lowest BCUT2D eigenvalue weighted by Crippen LogP contribution is -2.58. The zero-order valence-corrected chi connectivity index (χ0v) is 14.6. The third-order valence-electron chi connectivity index (χ3n) is 7.03. The third-order valence-corrected chi connectivity index (χ3v) is 7.03. The molecule has 0 aromatic heterocycles. The number of carbonyl (C=O) groups is 1. The first kappa shape index (κ1) is 16.1. The second-order valence-electron chi connectivity index (χ2n) is 8.53. The maximum atomic E-state index is 13.7. The summed E-state index contributed by atoms with van der Waals surface area (Å²) in [5.41, 5.74) is 1.12. The summed E-state index contributed by atoms with van der Waals surface area (Å²) in [7, 11) is 0. The fraction of sp³-hybridized carbons (Fsp3) is 0.650. The summed E-state index contributed by atoms with van der Waals surface area (Å²) in [4.78, 5) is 11.8. The summed E-state index contributed by atoms with van der Waals surface area (Å²) in [5.74, 6) is 0.764. The molecule has 0 radical (unpaired) electrons. The lowest BCUT2D eigenvalue weighted by atomic mass is 9.59. The van der Waals surface area contributed by atoms with E-state index in [4.69, 9.17) is 4.74 Å². The maximum absolute atomic E-state index is 13.7. The van der Waals surface area contributed by atoms with E-state index in [1.807, 2.05) is 6.07 Å². The van der Waals surface area contributed by atoms with Gasteiger partial charge in [0.1, 0.15) is 5.82 Å². The van der Waals surface area contributed by atoms with Crippen LogP contribution in [0.3, 0.4) is 0 Å². The number of fused-ring (bicyclic) bond motifs is 1. The standard InChI is InChI=1S/C20H26FNO2/c1-12(23)22-18-19(2,3)14-10-16-17(13-5-4-6-15(21)9-13)24-8-7-20(16,18)11-14/h4-6,9,14,16-18H,7-8,10-11H2,1-3H3,(H,22,23)/t14-,16-,17-,18-,20-/m1/s1. The van der Waals surface area contributed by atoms with Crippen LogP contribution in [-0.4, -0.2) is 18.6 Å². The summed E-state index contributed by atoms with van der Waals surface area (Å²) >= 11 is 0. The highest BCUT2D eigenvalue weighted by atomic mass is 19.1. The maximum Gasteiger partial charge on any atom is 0.217 e. The van der Waals surface area contributed by atoms with E-state index in [1.165, 1.54) is 6.07 Å². The van der Waals surface area contributed by atoms with Gasteiger partial charge in [0.15, 0.2) is 0 Å². The van der Waals surface area contributed by atoms with Crippen LogP contribution in [0.15, 0.2) is 24.3 Å². The fourth-order valence-electron chi connectivity index (χ4n) is 6.00. The zero-order chi connectivity index (χ0) is 17.1. The Morgan fingerprint density at radius 2 is 2.17 bits per heavy atom. The largest absolute Gasteiger partial charge is 0.373 e. The normalized spacial score (nSPS) is 39.5. The predicted molar refractivity (Wildman–Crippen MR) is 89.7 cm³/mol. The lowest BCUT2D eigenvalue weighted by Gasteiger charge is -2.53. The first-order valence-electron chi connectivity index (χ1n) is 8.99. The first-order chi connectivity index (χ1) is 11.3. The molecule has 2 bridgehead atoms. The van der Waals surface area contributed by atoms with Gasteiger partial charge in [-0.1, -0.05) is 26.0 Å². The molecule has 2 aliphatic carbocycles. The van der Waals surface area contributed by atoms with Gasteiger partial charge >= 0.3 is 0 Å². The molecule has 24 heavy (non-hydrogen) atoms. The monoisotopic (exact) mass is 331 g/mol. The van der Waals surface area contributed by atoms with Gasteiger partial charge in [0.2, 0.25) is 5.91 Å². The summed E-state index contributed by atoms with van der Waals surface area (Å²) in [6.07, 6.45) is 3.16. The molecule has 4 rings (SSSR count). The fourth-order valence-corrected chi connectivity index (χ4v) is 6.00. The molecule has 3 nitrogen and oxygen atoms in total. The van der Waals surface area contributed by atoms with E-state index < -0.39 is 0 Å². The molecule has 1 amide bonds. The molecule has 1 saturated heterocycles. The summed E-state index contributed by atoms with van der Waals surface area (Å²) < 4.78 is 19.8. The van der Waals surface area contributed by atoms with Gasteiger partial charge in [-0.3, -0.25) is 4.79 Å². The van der Waals surface area contributed by atoms with E-state index in [0.717, 1.165) is 24.8 Å². The Hall–Kier alpha value is -1.42. The average molecular weight is 331 g/mol. The van der Waals surface area contributed by atoms with E-state index >= 15 is 0 Å². The highest BCUT2D eigenvalue weighted by Crippen LogP contribution is 2.70. The number of nitrogens with one attached hydrogen (secondary N) is 1. The van der Waals surface area contributed by atoms with Crippen LogP contribution in [0.25, 0.3) is 0 Å². The van der Waals surface area contributed by atoms with Crippen LogP contribution in [0.5, 0.6) is 0 Å². The van der Waals surface area contributed by atoms with Crippen molar-refractivity contribution in [2.75, 3.05) is 6.61 Å². The quantitative estimate of drug-likeness (QED) is 0.894. The first-order valence-corrected chi connectivity index (χ1v) is 8.99. The summed E-state index contributed by atoms with van der Waals surface area (Å²) in [6, 6.07) is 6.99. The van der Waals surface area contributed by atoms with Crippen molar-refractivity contribution in [2.24, 2.45) is 22.7 Å². The third kappa shape index (κ3) is 2.15. The molecule has 5 atom stereocenters. The number of hydrogen-bond donors (Lipinski definition) is 1. The predicted octanol–water partition coefficient (Wildman–Crippen LogP) is 3.84. The second-order valence-corrected chi connectivity index (χ2v) is 8.53. The molecular weight excluding hydrogens is 305 g/mol. The van der Waals surface area contributed by atoms with Gasteiger partial charge in [-0.05, 0) is 59.6 Å². The Balaban J connectivity index is 1.72. The topological polar surface area (TPSA) is 38.3 Å². The lowest BCUT2D eigenvalue weighted by molar-refractivity contribution is -0.136. The highest BCUT2D eigenvalue weighted by Gasteiger charge is 2.68. The van der Waals surface area contributed by atoms with E-state index in [9.17, 15) is 9.18 Å². The number of ether oxygens (including phenoxy) is 1. The van der Waals surface area contributed by atoms with Crippen LogP contribution < -0.4 is 5.32 Å². The second kappa shape index (κ2) is 5.29. The van der Waals surface area contributed by atoms with Gasteiger partial charge in [-0.15, -0.1) is 0 Å². The molecule has 3 fully saturated rings. The molecule has 1 aliphatic heterocycles. The van der Waals surface area contributed by atoms with E-state index in [1.54, 1.807) is 19.1 Å². The summed E-state index contributed by atoms with van der Waals surface area (Å²) in [6.45, 7) is 6.86. The van der Waals surface area contributed by atoms with Gasteiger partial charge < -0.3 is 10.1 Å². The number of hydrogen-bond acceptors (Lipinski definition) is 2. The Kier molecular flexibility index (Phi) is 3.54. The van der Waals surface area contributed by atoms with Crippen LogP contribution >= 0.6 is 0 Å². The Labute approximate surface area is 143 Å². The molecule has 1 aromatic carbocycles. The molecule has 1 spiro atoms. The smallest absolute Gasteiger partial charge is 0.217 e. The minimum absolute atomic E-state index is 0.0440. The Morgan fingerprint density at radius 1 is 1.38 bits per heavy atom. The van der Waals surface area contributed by atoms with E-state index in [-0.39, 0.29) is 34.7 Å². The van der Waals surface area contributed by atoms with Crippen molar-refractivity contribution in [3.8, 4) is 0 Å². The molecular formula is C20H26FNO2. The van der Waals surface area contributed by atoms with Crippen molar-refractivity contribution < 1.29 is 13.9 Å². The minimum atomic E-state index is -0.211. The van der Waals surface area contributed by atoms with Gasteiger partial charge in [0.25, 0.3) is 0 Å². The van der Waals surface area contributed by atoms with E-state index in [2.05, 4.69) is 19.2 Å². The SMILES string of the molecule is CC(=O)N[C@@H]1C(C)(C)[C@@H]2C[C@@H]3[C@@H](c4cccc(F)c4)OCC[C@@]31C2. The number of amides is 1. The molecule has 2 saturated carbocycles. The minimum Gasteiger partial charge on any atom is -0.373 e. The molecule has 3 aliphatic rings. The van der Waals surface area contributed by atoms with Gasteiger partial charge in [-0.25, -0.2) is 4.39 Å². The zero-order valence-electron chi connectivity index (χ0n) is 14.6. The van der Waals surface area contributed by atoms with Gasteiger partial charge in [0, 0.05) is 19.6 Å². The van der Waals surface area contributed by atoms with E-state index in [0.29, 0.717) is 18.4 Å². The molecule has 130 valence electrons. The van der Waals surface area contributed by atoms with Crippen LogP contribution in [0.1, 0.15) is 51.7 Å². The Bertz CT molecular complexity index is 673. The highest BCUT2D eigenvalue weighted by molar-refractivity contribution is 5.73. The van der Waals surface area contributed by atoms with Crippen molar-refractivity contribution >= 4 is 5.91 Å². The number of halogens is 1. The van der Waals surface area contributed by atoms with Gasteiger partial charge in [0.05, 0.1) is 6.10 Å². The van der Waals surface area contributed by atoms with Crippen LogP contribution in [0.2, 0.25) is 0 Å². The number of benzene rings is 1. The number of rotatable bonds is 2. The average Bonchev–Trinajstić information content (AvgIpc) is 3.00. The van der Waals surface area contributed by atoms with Crippen molar-refractivity contribution in [1.82, 2.24) is 5.32 Å². The number of carbonyl (C=O) groups excluding carboxylic acids is 1. The van der Waals surface area contributed by atoms with Gasteiger partial charge in [-0.2, -0.15) is 0 Å². The van der Waals surface area contributed by atoms with Crippen LogP contribution in [0.4, 0.5) is 4.39 Å². The molecule has 1 heterocycles. The van der Waals surface area contributed by atoms with Crippen LogP contribution in [-0.2, 0) is 9.53 Å². The Morgan fingerprint density at radius 3 is 2.88 bits per heavy atom. The molecule has 1 N–H and O–H groups in total.